The van der Waals surface area contributed by atoms with E-state index < -0.39 is 5.56 Å². The van der Waals surface area contributed by atoms with Crippen molar-refractivity contribution in [3.05, 3.63) is 69.5 Å². The van der Waals surface area contributed by atoms with Crippen LogP contribution in [0.25, 0.3) is 22.0 Å². The zero-order chi connectivity index (χ0) is 14.1. The number of halogens is 1. The zero-order valence-corrected chi connectivity index (χ0v) is 11.1. The summed E-state index contributed by atoms with van der Waals surface area (Å²) in [6, 6.07) is 14.5. The molecule has 98 valence electrons. The number of aldehydes is 1. The smallest absolute Gasteiger partial charge is 0.259 e. The fraction of sp³-hybridized carbons (Fsp3) is 0. The van der Waals surface area contributed by atoms with E-state index in [1.54, 1.807) is 18.2 Å². The first kappa shape index (κ1) is 12.6. The number of carbonyl (C=O) groups excluding carboxylic acids is 1. The lowest BCUT2D eigenvalue weighted by molar-refractivity contribution is 0.112. The number of hydrogen-bond donors (Lipinski definition) is 1. The second-order valence-electron chi connectivity index (χ2n) is 4.42. The average molecular weight is 284 g/mol. The van der Waals surface area contributed by atoms with E-state index >= 15 is 0 Å². The van der Waals surface area contributed by atoms with Gasteiger partial charge < -0.3 is 4.98 Å². The van der Waals surface area contributed by atoms with Gasteiger partial charge in [0.2, 0.25) is 0 Å². The number of aromatic nitrogens is 1. The fourth-order valence-corrected chi connectivity index (χ4v) is 2.48. The first-order valence-electron chi connectivity index (χ1n) is 6.07. The highest BCUT2D eigenvalue weighted by atomic mass is 35.5. The van der Waals surface area contributed by atoms with Crippen molar-refractivity contribution in [2.24, 2.45) is 0 Å². The highest BCUT2D eigenvalue weighted by Gasteiger charge is 2.14. The van der Waals surface area contributed by atoms with Crippen LogP contribution in [0.4, 0.5) is 0 Å². The Morgan fingerprint density at radius 3 is 2.50 bits per heavy atom. The first-order chi connectivity index (χ1) is 9.70. The van der Waals surface area contributed by atoms with Crippen molar-refractivity contribution in [2.75, 3.05) is 0 Å². The Morgan fingerprint density at radius 1 is 1.05 bits per heavy atom. The van der Waals surface area contributed by atoms with Crippen LogP contribution < -0.4 is 5.56 Å². The van der Waals surface area contributed by atoms with Gasteiger partial charge in [0.15, 0.2) is 6.29 Å². The first-order valence-corrected chi connectivity index (χ1v) is 6.44. The normalized spacial score (nSPS) is 10.7. The van der Waals surface area contributed by atoms with Crippen molar-refractivity contribution < 1.29 is 4.79 Å². The van der Waals surface area contributed by atoms with Crippen LogP contribution in [-0.2, 0) is 0 Å². The standard InChI is InChI=1S/C16H10ClNO2/c17-11-6-7-14-12(8-11)15(10-4-2-1-3-5-10)13(9-19)16(20)18-14/h1-9H,(H,18,20). The summed E-state index contributed by atoms with van der Waals surface area (Å²) in [5.74, 6) is 0. The van der Waals surface area contributed by atoms with Gasteiger partial charge in [-0.1, -0.05) is 41.9 Å². The van der Waals surface area contributed by atoms with E-state index in [-0.39, 0.29) is 5.56 Å². The van der Waals surface area contributed by atoms with Gasteiger partial charge in [-0.15, -0.1) is 0 Å². The topological polar surface area (TPSA) is 49.9 Å². The average Bonchev–Trinajstić information content (AvgIpc) is 2.47. The SMILES string of the molecule is O=Cc1c(-c2ccccc2)c2cc(Cl)ccc2[nH]c1=O. The summed E-state index contributed by atoms with van der Waals surface area (Å²) >= 11 is 6.03. The molecule has 0 radical (unpaired) electrons. The molecule has 0 fully saturated rings. The molecule has 0 bridgehead atoms. The quantitative estimate of drug-likeness (QED) is 0.730. The third-order valence-electron chi connectivity index (χ3n) is 3.19. The summed E-state index contributed by atoms with van der Waals surface area (Å²) in [5.41, 5.74) is 1.80. The molecule has 0 saturated carbocycles. The summed E-state index contributed by atoms with van der Waals surface area (Å²) in [6.07, 6.45) is 0.585. The minimum absolute atomic E-state index is 0.117. The molecular weight excluding hydrogens is 274 g/mol. The van der Waals surface area contributed by atoms with Gasteiger partial charge in [0.25, 0.3) is 5.56 Å². The Hall–Kier alpha value is -2.39. The maximum Gasteiger partial charge on any atom is 0.259 e. The molecule has 0 atom stereocenters. The Morgan fingerprint density at radius 2 is 1.80 bits per heavy atom. The van der Waals surface area contributed by atoms with Gasteiger partial charge >= 0.3 is 0 Å². The van der Waals surface area contributed by atoms with E-state index in [0.717, 1.165) is 10.9 Å². The zero-order valence-electron chi connectivity index (χ0n) is 10.4. The van der Waals surface area contributed by atoms with Gasteiger partial charge in [0, 0.05) is 21.5 Å². The molecule has 0 amide bonds. The number of nitrogens with one attached hydrogen (secondary N) is 1. The molecule has 0 saturated heterocycles. The number of fused-ring (bicyclic) bond motifs is 1. The molecule has 0 aliphatic rings. The summed E-state index contributed by atoms with van der Waals surface area (Å²) in [4.78, 5) is 26.0. The molecule has 0 aliphatic carbocycles. The Kier molecular flexibility index (Phi) is 3.12. The molecule has 20 heavy (non-hydrogen) atoms. The van der Waals surface area contributed by atoms with E-state index in [2.05, 4.69) is 4.98 Å². The van der Waals surface area contributed by atoms with Crippen LogP contribution in [0.15, 0.2) is 53.3 Å². The molecule has 3 rings (SSSR count). The van der Waals surface area contributed by atoms with Gasteiger partial charge in [-0.2, -0.15) is 0 Å². The van der Waals surface area contributed by atoms with Crippen molar-refractivity contribution in [1.82, 2.24) is 4.98 Å². The van der Waals surface area contributed by atoms with Crippen LogP contribution in [0.2, 0.25) is 5.02 Å². The van der Waals surface area contributed by atoms with Crippen molar-refractivity contribution in [2.45, 2.75) is 0 Å². The molecule has 1 N–H and O–H groups in total. The second-order valence-corrected chi connectivity index (χ2v) is 4.85. The highest BCUT2D eigenvalue weighted by molar-refractivity contribution is 6.31. The predicted molar refractivity (Wildman–Crippen MR) is 80.4 cm³/mol. The monoisotopic (exact) mass is 283 g/mol. The lowest BCUT2D eigenvalue weighted by Crippen LogP contribution is -2.13. The van der Waals surface area contributed by atoms with E-state index in [4.69, 9.17) is 11.6 Å². The van der Waals surface area contributed by atoms with Crippen molar-refractivity contribution in [1.29, 1.82) is 0 Å². The fourth-order valence-electron chi connectivity index (χ4n) is 2.31. The van der Waals surface area contributed by atoms with Crippen LogP contribution in [0.5, 0.6) is 0 Å². The molecular formula is C16H10ClNO2. The molecule has 0 spiro atoms. The number of hydrogen-bond acceptors (Lipinski definition) is 2. The molecule has 2 aromatic carbocycles. The molecule has 3 nitrogen and oxygen atoms in total. The summed E-state index contributed by atoms with van der Waals surface area (Å²) < 4.78 is 0. The third kappa shape index (κ3) is 2.02. The highest BCUT2D eigenvalue weighted by Crippen LogP contribution is 2.30. The van der Waals surface area contributed by atoms with Gasteiger partial charge in [-0.05, 0) is 23.8 Å². The molecule has 3 aromatic rings. The molecule has 0 unspecified atom stereocenters. The van der Waals surface area contributed by atoms with Gasteiger partial charge in [-0.25, -0.2) is 0 Å². The van der Waals surface area contributed by atoms with E-state index in [0.29, 0.717) is 22.4 Å². The number of aromatic amines is 1. The Bertz CT molecular complexity index is 853. The van der Waals surface area contributed by atoms with Gasteiger partial charge in [-0.3, -0.25) is 9.59 Å². The molecule has 4 heteroatoms. The van der Waals surface area contributed by atoms with Gasteiger partial charge in [0.05, 0.1) is 5.56 Å². The minimum Gasteiger partial charge on any atom is -0.321 e. The van der Waals surface area contributed by atoms with Crippen LogP contribution >= 0.6 is 11.6 Å². The molecule has 1 heterocycles. The van der Waals surface area contributed by atoms with E-state index in [1.165, 1.54) is 0 Å². The van der Waals surface area contributed by atoms with Crippen molar-refractivity contribution in [3.63, 3.8) is 0 Å². The summed E-state index contributed by atoms with van der Waals surface area (Å²) in [5, 5.41) is 1.31. The predicted octanol–water partition coefficient (Wildman–Crippen LogP) is 3.66. The molecule has 1 aromatic heterocycles. The Balaban J connectivity index is 2.52. The van der Waals surface area contributed by atoms with E-state index in [9.17, 15) is 9.59 Å². The molecule has 0 aliphatic heterocycles. The van der Waals surface area contributed by atoms with Crippen LogP contribution in [0.3, 0.4) is 0 Å². The largest absolute Gasteiger partial charge is 0.321 e. The van der Waals surface area contributed by atoms with Crippen LogP contribution in [0.1, 0.15) is 10.4 Å². The lowest BCUT2D eigenvalue weighted by atomic mass is 9.97. The number of pyridine rings is 1. The van der Waals surface area contributed by atoms with Crippen LogP contribution in [0, 0.1) is 0 Å². The maximum atomic E-state index is 12.0. The van der Waals surface area contributed by atoms with E-state index in [1.807, 2.05) is 30.3 Å². The van der Waals surface area contributed by atoms with Crippen LogP contribution in [-0.4, -0.2) is 11.3 Å². The third-order valence-corrected chi connectivity index (χ3v) is 3.43. The van der Waals surface area contributed by atoms with Crippen molar-refractivity contribution in [3.8, 4) is 11.1 Å². The number of rotatable bonds is 2. The Labute approximate surface area is 119 Å². The number of benzene rings is 2. The number of carbonyl (C=O) groups is 1. The summed E-state index contributed by atoms with van der Waals surface area (Å²) in [6.45, 7) is 0. The summed E-state index contributed by atoms with van der Waals surface area (Å²) in [7, 11) is 0. The second kappa shape index (κ2) is 4.94. The van der Waals surface area contributed by atoms with Crippen molar-refractivity contribution >= 4 is 28.8 Å². The minimum atomic E-state index is -0.395. The number of H-pyrrole nitrogens is 1. The lowest BCUT2D eigenvalue weighted by Gasteiger charge is -2.09. The maximum absolute atomic E-state index is 12.0. The van der Waals surface area contributed by atoms with Gasteiger partial charge in [0.1, 0.15) is 0 Å².